The first-order valence-corrected chi connectivity index (χ1v) is 14.5. The van der Waals surface area contributed by atoms with E-state index < -0.39 is 35.7 Å². The van der Waals surface area contributed by atoms with E-state index in [-0.39, 0.29) is 37.1 Å². The predicted molar refractivity (Wildman–Crippen MR) is 147 cm³/mol. The lowest BCUT2D eigenvalue weighted by molar-refractivity contribution is -0.198. The quantitative estimate of drug-likeness (QED) is 0.259. The number of ether oxygens (including phenoxy) is 1. The Morgan fingerprint density at radius 2 is 1.75 bits per heavy atom. The number of imide groups is 1. The minimum absolute atomic E-state index is 0.000499. The topological polar surface area (TPSA) is 122 Å². The highest BCUT2D eigenvalue weighted by molar-refractivity contribution is 6.01. The van der Waals surface area contributed by atoms with E-state index in [0.717, 1.165) is 37.7 Å². The molecule has 0 saturated carbocycles. The summed E-state index contributed by atoms with van der Waals surface area (Å²) in [5, 5.41) is 3.41. The lowest BCUT2D eigenvalue weighted by Crippen LogP contribution is -2.54. The molecule has 4 amide bonds. The summed E-state index contributed by atoms with van der Waals surface area (Å²) in [5.74, 6) is -3.43. The molecule has 0 bridgehead atoms. The molecule has 0 radical (unpaired) electrons. The van der Waals surface area contributed by atoms with Gasteiger partial charge in [-0.3, -0.25) is 19.2 Å². The van der Waals surface area contributed by atoms with Crippen molar-refractivity contribution < 1.29 is 33.5 Å². The van der Waals surface area contributed by atoms with Gasteiger partial charge in [-0.2, -0.15) is 0 Å². The standard InChI is InChI=1S/C30H43N3O7/c1-4-5-7-13-23(18-27(36)40-33-25(34)15-16-26(33)35)29(37)31-28(21(2)3)30(38)32-17-10-14-24(32)20-39-19-22-11-8-6-9-12-22/h6,8-9,11-12,21,23-24,28H,4-5,7,10,13-20H2,1-3H3,(H,31,37)/t23-,24+,28+/m1/s1. The molecule has 220 valence electrons. The number of likely N-dealkylation sites (tertiary alicyclic amines) is 1. The van der Waals surface area contributed by atoms with Gasteiger partial charge in [-0.25, -0.2) is 4.79 Å². The van der Waals surface area contributed by atoms with Gasteiger partial charge in [0, 0.05) is 25.3 Å². The van der Waals surface area contributed by atoms with Crippen molar-refractivity contribution in [2.24, 2.45) is 11.8 Å². The maximum absolute atomic E-state index is 13.7. The average Bonchev–Trinajstić information content (AvgIpc) is 3.53. The number of carbonyl (C=O) groups excluding carboxylic acids is 5. The molecule has 2 aliphatic rings. The summed E-state index contributed by atoms with van der Waals surface area (Å²) in [7, 11) is 0. The van der Waals surface area contributed by atoms with E-state index in [9.17, 15) is 24.0 Å². The van der Waals surface area contributed by atoms with Crippen molar-refractivity contribution in [3.05, 3.63) is 35.9 Å². The molecule has 0 aliphatic carbocycles. The highest BCUT2D eigenvalue weighted by Crippen LogP contribution is 2.23. The number of carbonyl (C=O) groups is 5. The van der Waals surface area contributed by atoms with Crippen LogP contribution in [0.3, 0.4) is 0 Å². The molecule has 2 heterocycles. The molecule has 0 unspecified atom stereocenters. The van der Waals surface area contributed by atoms with Crippen molar-refractivity contribution in [2.45, 2.75) is 97.2 Å². The molecule has 2 saturated heterocycles. The SMILES string of the molecule is CCCCC[C@H](CC(=O)ON1C(=O)CCC1=O)C(=O)N[C@H](C(=O)N1CCC[C@H]1COCc1ccccc1)C(C)C. The number of rotatable bonds is 15. The highest BCUT2D eigenvalue weighted by atomic mass is 16.7. The number of nitrogens with one attached hydrogen (secondary N) is 1. The summed E-state index contributed by atoms with van der Waals surface area (Å²) < 4.78 is 5.93. The second-order valence-corrected chi connectivity index (χ2v) is 11.0. The highest BCUT2D eigenvalue weighted by Gasteiger charge is 2.38. The molecular formula is C30H43N3O7. The third-order valence-corrected chi connectivity index (χ3v) is 7.45. The minimum atomic E-state index is -0.817. The molecule has 10 nitrogen and oxygen atoms in total. The first-order chi connectivity index (χ1) is 19.2. The molecule has 0 aromatic heterocycles. The van der Waals surface area contributed by atoms with E-state index in [1.807, 2.05) is 51.1 Å². The first-order valence-electron chi connectivity index (χ1n) is 14.5. The van der Waals surface area contributed by atoms with Crippen molar-refractivity contribution in [2.75, 3.05) is 13.2 Å². The molecule has 0 spiro atoms. The van der Waals surface area contributed by atoms with Gasteiger partial charge < -0.3 is 19.8 Å². The molecule has 1 N–H and O–H groups in total. The van der Waals surface area contributed by atoms with Crippen LogP contribution in [0.1, 0.15) is 84.1 Å². The maximum atomic E-state index is 13.7. The zero-order valence-corrected chi connectivity index (χ0v) is 23.9. The number of amides is 4. The molecule has 10 heteroatoms. The zero-order valence-electron chi connectivity index (χ0n) is 23.9. The van der Waals surface area contributed by atoms with Gasteiger partial charge in [0.05, 0.1) is 25.7 Å². The summed E-state index contributed by atoms with van der Waals surface area (Å²) >= 11 is 0. The molecule has 1 aromatic rings. The number of hydrogen-bond donors (Lipinski definition) is 1. The number of nitrogens with zero attached hydrogens (tertiary/aromatic N) is 2. The van der Waals surface area contributed by atoms with Gasteiger partial charge in [0.1, 0.15) is 6.04 Å². The Labute approximate surface area is 236 Å². The van der Waals surface area contributed by atoms with Gasteiger partial charge in [-0.1, -0.05) is 70.4 Å². The summed E-state index contributed by atoms with van der Waals surface area (Å²) in [6.45, 7) is 7.28. The normalized spacial score (nSPS) is 18.8. The number of benzene rings is 1. The fourth-order valence-corrected chi connectivity index (χ4v) is 5.11. The summed E-state index contributed by atoms with van der Waals surface area (Å²) in [5.41, 5.74) is 1.07. The lowest BCUT2D eigenvalue weighted by Gasteiger charge is -2.32. The smallest absolute Gasteiger partial charge is 0.334 e. The van der Waals surface area contributed by atoms with Gasteiger partial charge in [-0.15, -0.1) is 5.06 Å². The van der Waals surface area contributed by atoms with Gasteiger partial charge >= 0.3 is 5.97 Å². The molecule has 3 atom stereocenters. The van der Waals surface area contributed by atoms with Crippen LogP contribution in [0.15, 0.2) is 30.3 Å². The Hall–Kier alpha value is -3.27. The van der Waals surface area contributed by atoms with Crippen molar-refractivity contribution in [3.8, 4) is 0 Å². The van der Waals surface area contributed by atoms with Crippen LogP contribution in [0.2, 0.25) is 0 Å². The zero-order chi connectivity index (χ0) is 29.1. The number of hydrogen-bond acceptors (Lipinski definition) is 7. The number of unbranched alkanes of at least 4 members (excludes halogenated alkanes) is 2. The van der Waals surface area contributed by atoms with Gasteiger partial charge in [0.25, 0.3) is 11.8 Å². The van der Waals surface area contributed by atoms with Crippen LogP contribution in [0, 0.1) is 11.8 Å². The van der Waals surface area contributed by atoms with Gasteiger partial charge in [0.15, 0.2) is 0 Å². The lowest BCUT2D eigenvalue weighted by atomic mass is 9.95. The Balaban J connectivity index is 1.61. The Morgan fingerprint density at radius 1 is 1.05 bits per heavy atom. The van der Waals surface area contributed by atoms with Crippen LogP contribution in [0.4, 0.5) is 0 Å². The predicted octanol–water partition coefficient (Wildman–Crippen LogP) is 3.53. The summed E-state index contributed by atoms with van der Waals surface area (Å²) in [6.07, 6.45) is 4.37. The molecule has 2 aliphatic heterocycles. The molecular weight excluding hydrogens is 514 g/mol. The average molecular weight is 558 g/mol. The van der Waals surface area contributed by atoms with E-state index in [4.69, 9.17) is 9.57 Å². The second-order valence-electron chi connectivity index (χ2n) is 11.0. The van der Waals surface area contributed by atoms with E-state index >= 15 is 0 Å². The third kappa shape index (κ3) is 8.87. The molecule has 1 aromatic carbocycles. The van der Waals surface area contributed by atoms with Crippen LogP contribution in [0.5, 0.6) is 0 Å². The second kappa shape index (κ2) is 15.5. The van der Waals surface area contributed by atoms with E-state index in [1.54, 1.807) is 4.90 Å². The van der Waals surface area contributed by atoms with E-state index in [0.29, 0.717) is 31.2 Å². The van der Waals surface area contributed by atoms with Crippen molar-refractivity contribution in [3.63, 3.8) is 0 Å². The summed E-state index contributed by atoms with van der Waals surface area (Å²) in [6, 6.07) is 9.04. The van der Waals surface area contributed by atoms with Crippen LogP contribution in [0.25, 0.3) is 0 Å². The van der Waals surface area contributed by atoms with Gasteiger partial charge in [-0.05, 0) is 30.7 Å². The largest absolute Gasteiger partial charge is 0.375 e. The Kier molecular flexibility index (Phi) is 12.1. The van der Waals surface area contributed by atoms with Crippen LogP contribution in [-0.2, 0) is 40.2 Å². The van der Waals surface area contributed by atoms with Gasteiger partial charge in [0.2, 0.25) is 11.8 Å². The summed E-state index contributed by atoms with van der Waals surface area (Å²) in [4.78, 5) is 70.2. The Bertz CT molecular complexity index is 1010. The number of hydroxylamine groups is 2. The van der Waals surface area contributed by atoms with E-state index in [2.05, 4.69) is 5.32 Å². The minimum Gasteiger partial charge on any atom is -0.375 e. The van der Waals surface area contributed by atoms with Crippen molar-refractivity contribution in [1.29, 1.82) is 0 Å². The van der Waals surface area contributed by atoms with Crippen LogP contribution < -0.4 is 5.32 Å². The Morgan fingerprint density at radius 3 is 2.40 bits per heavy atom. The fraction of sp³-hybridized carbons (Fsp3) is 0.633. The van der Waals surface area contributed by atoms with Crippen LogP contribution >= 0.6 is 0 Å². The molecule has 2 fully saturated rings. The third-order valence-electron chi connectivity index (χ3n) is 7.45. The maximum Gasteiger partial charge on any atom is 0.334 e. The van der Waals surface area contributed by atoms with E-state index in [1.165, 1.54) is 0 Å². The van der Waals surface area contributed by atoms with Crippen LogP contribution in [-0.4, -0.2) is 64.8 Å². The first kappa shape index (κ1) is 31.3. The fourth-order valence-electron chi connectivity index (χ4n) is 5.11. The monoisotopic (exact) mass is 557 g/mol. The van der Waals surface area contributed by atoms with Crippen molar-refractivity contribution in [1.82, 2.24) is 15.3 Å². The van der Waals surface area contributed by atoms with Crippen molar-refractivity contribution >= 4 is 29.6 Å². The molecule has 40 heavy (non-hydrogen) atoms. The molecule has 3 rings (SSSR count).